The van der Waals surface area contributed by atoms with Crippen molar-refractivity contribution in [3.8, 4) is 22.6 Å². The highest BCUT2D eigenvalue weighted by Gasteiger charge is 2.63. The summed E-state index contributed by atoms with van der Waals surface area (Å²) < 4.78 is 5.81. The number of benzene rings is 2. The number of primary amides is 1. The summed E-state index contributed by atoms with van der Waals surface area (Å²) in [6.07, 6.45) is 0.106. The van der Waals surface area contributed by atoms with E-state index in [2.05, 4.69) is 10.6 Å². The molecule has 5 rings (SSSR count). The number of aliphatic hydroxyl groups is 3. The number of likely N-dealkylation sites (N-methyl/N-ethyl adjacent to an activating group) is 1. The van der Waals surface area contributed by atoms with Gasteiger partial charge in [0.1, 0.15) is 28.6 Å². The zero-order chi connectivity index (χ0) is 35.5. The molecule has 0 fully saturated rings. The molecule has 4 atom stereocenters. The van der Waals surface area contributed by atoms with Gasteiger partial charge in [-0.25, -0.2) is 4.79 Å². The minimum Gasteiger partial charge on any atom is -0.510 e. The second-order valence-corrected chi connectivity index (χ2v) is 13.8. The first-order chi connectivity index (χ1) is 22.4. The van der Waals surface area contributed by atoms with Crippen LogP contribution in [0, 0.1) is 11.8 Å². The van der Waals surface area contributed by atoms with Gasteiger partial charge in [-0.2, -0.15) is 0 Å². The van der Waals surface area contributed by atoms with Crippen LogP contribution in [-0.2, 0) is 22.6 Å². The van der Waals surface area contributed by atoms with E-state index in [0.29, 0.717) is 34.6 Å². The van der Waals surface area contributed by atoms with Crippen molar-refractivity contribution >= 4 is 23.5 Å². The molecule has 8 N–H and O–H groups in total. The van der Waals surface area contributed by atoms with Gasteiger partial charge >= 0.3 is 6.03 Å². The van der Waals surface area contributed by atoms with Crippen LogP contribution in [-0.4, -0.2) is 86.7 Å². The Bertz CT molecular complexity index is 1790. The van der Waals surface area contributed by atoms with Gasteiger partial charge in [0.25, 0.3) is 5.91 Å². The van der Waals surface area contributed by atoms with Gasteiger partial charge in [-0.3, -0.25) is 19.3 Å². The van der Waals surface area contributed by atoms with E-state index in [1.54, 1.807) is 32.3 Å². The van der Waals surface area contributed by atoms with Gasteiger partial charge in [0.15, 0.2) is 11.4 Å². The van der Waals surface area contributed by atoms with Gasteiger partial charge in [-0.1, -0.05) is 12.1 Å². The summed E-state index contributed by atoms with van der Waals surface area (Å²) in [5.41, 5.74) is 3.51. The topological polar surface area (TPSA) is 212 Å². The molecule has 2 aromatic rings. The molecular weight excluding hydrogens is 620 g/mol. The van der Waals surface area contributed by atoms with E-state index in [1.807, 2.05) is 33.8 Å². The number of carbonyl (C=O) groups is 4. The number of urea groups is 1. The molecule has 0 saturated carbocycles. The molecule has 0 unspecified atom stereocenters. The second kappa shape index (κ2) is 12.3. The molecule has 0 bridgehead atoms. The monoisotopic (exact) mass is 662 g/mol. The van der Waals surface area contributed by atoms with Gasteiger partial charge < -0.3 is 41.5 Å². The van der Waals surface area contributed by atoms with Gasteiger partial charge in [0.05, 0.1) is 18.2 Å². The van der Waals surface area contributed by atoms with Gasteiger partial charge in [-0.05, 0) is 95.4 Å². The number of phenols is 1. The number of nitrogens with zero attached hydrogens (tertiary/aromatic N) is 1. The Balaban J connectivity index is 1.60. The number of aromatic hydroxyl groups is 1. The van der Waals surface area contributed by atoms with Crippen LogP contribution >= 0.6 is 0 Å². The highest BCUT2D eigenvalue weighted by molar-refractivity contribution is 6.25. The van der Waals surface area contributed by atoms with Crippen LogP contribution < -0.4 is 21.1 Å². The fraction of sp³-hybridized carbons (Fsp3) is 0.429. The Morgan fingerprint density at radius 2 is 1.79 bits per heavy atom. The lowest BCUT2D eigenvalue weighted by Gasteiger charge is -2.50. The Labute approximate surface area is 278 Å². The third-order valence-corrected chi connectivity index (χ3v) is 9.21. The number of phenolic OH excluding ortho intramolecular Hbond substituents is 1. The zero-order valence-electron chi connectivity index (χ0n) is 27.8. The van der Waals surface area contributed by atoms with Gasteiger partial charge in [-0.15, -0.1) is 0 Å². The molecule has 2 aromatic carbocycles. The first-order valence-electron chi connectivity index (χ1n) is 15.7. The predicted molar refractivity (Wildman–Crippen MR) is 175 cm³/mol. The largest absolute Gasteiger partial charge is 0.510 e. The molecule has 0 heterocycles. The molecule has 0 aromatic heterocycles. The van der Waals surface area contributed by atoms with Crippen molar-refractivity contribution in [1.29, 1.82) is 0 Å². The van der Waals surface area contributed by atoms with Crippen molar-refractivity contribution in [3.05, 3.63) is 69.7 Å². The average molecular weight is 663 g/mol. The highest BCUT2D eigenvalue weighted by atomic mass is 16.5. The predicted octanol–water partition coefficient (Wildman–Crippen LogP) is 2.78. The molecule has 0 aliphatic heterocycles. The number of ketones is 2. The summed E-state index contributed by atoms with van der Waals surface area (Å²) in [7, 11) is 3.16. The number of nitrogens with two attached hydrogens (primary N) is 1. The van der Waals surface area contributed by atoms with Crippen molar-refractivity contribution in [2.24, 2.45) is 17.6 Å². The van der Waals surface area contributed by atoms with Crippen molar-refractivity contribution in [1.82, 2.24) is 15.5 Å². The molecule has 3 amide bonds. The molecule has 3 aliphatic carbocycles. The quantitative estimate of drug-likeness (QED) is 0.216. The fourth-order valence-corrected chi connectivity index (χ4v) is 7.26. The number of Topliss-reactive ketones (excluding diaryl/α,β-unsaturated/α-hetero) is 2. The Morgan fingerprint density at radius 3 is 2.40 bits per heavy atom. The summed E-state index contributed by atoms with van der Waals surface area (Å²) >= 11 is 0. The average Bonchev–Trinajstić information content (AvgIpc) is 2.97. The summed E-state index contributed by atoms with van der Waals surface area (Å²) in [5.74, 6) is -6.54. The van der Waals surface area contributed by atoms with Crippen LogP contribution in [0.4, 0.5) is 4.79 Å². The minimum absolute atomic E-state index is 0.0256. The number of carbonyl (C=O) groups excluding carboxylic acids is 4. The van der Waals surface area contributed by atoms with Crippen LogP contribution in [0.25, 0.3) is 11.1 Å². The van der Waals surface area contributed by atoms with E-state index in [0.717, 1.165) is 0 Å². The summed E-state index contributed by atoms with van der Waals surface area (Å²) in [5, 5.41) is 51.1. The van der Waals surface area contributed by atoms with E-state index in [4.69, 9.17) is 10.5 Å². The number of nitrogens with one attached hydrogen (secondary N) is 2. The van der Waals surface area contributed by atoms with Crippen LogP contribution in [0.1, 0.15) is 55.6 Å². The minimum atomic E-state index is -2.71. The lowest BCUT2D eigenvalue weighted by atomic mass is 9.58. The standard InChI is InChI=1S/C35H42N4O9/c1-7-48-23-11-8-16(12-18(23)15-37-33(46)38-34(2,3)4)19-9-10-22(40)25-20(19)13-17-14-21-27(39(5)6)29(42)26(32(36)45)31(44)35(21,47)30(43)24(17)28(25)41/h8-12,17,21,27,40,42-43,47H,7,13-15H2,1-6H3,(H2,36,45)(H2,37,38,46)/t17-,21-,27-,35-/m0/s1. The van der Waals surface area contributed by atoms with Gasteiger partial charge in [0.2, 0.25) is 5.78 Å². The first-order valence-corrected chi connectivity index (χ1v) is 15.7. The molecule has 13 nitrogen and oxygen atoms in total. The normalized spacial score (nSPS) is 23.8. The van der Waals surface area contributed by atoms with Crippen molar-refractivity contribution in [3.63, 3.8) is 0 Å². The number of allylic oxidation sites excluding steroid dienone is 1. The Hall–Kier alpha value is -4.88. The molecular formula is C35H42N4O9. The maximum atomic E-state index is 14.1. The van der Waals surface area contributed by atoms with Crippen molar-refractivity contribution < 1.29 is 44.3 Å². The van der Waals surface area contributed by atoms with Crippen LogP contribution in [0.2, 0.25) is 0 Å². The number of ether oxygens (including phenoxy) is 1. The first kappa shape index (κ1) is 34.5. The SMILES string of the molecule is CCOc1ccc(-c2ccc(O)c3c2C[C@H]2C[C@H]4[C@H](N(C)C)C(O)=C(C(N)=O)C(=O)[C@@]4(O)C(O)=C2C3=O)cc1CNC(=O)NC(C)(C)C. The summed E-state index contributed by atoms with van der Waals surface area (Å²) in [4.78, 5) is 53.9. The Kier molecular flexibility index (Phi) is 8.82. The number of rotatable bonds is 7. The van der Waals surface area contributed by atoms with Crippen LogP contribution in [0.3, 0.4) is 0 Å². The molecule has 48 heavy (non-hydrogen) atoms. The third-order valence-electron chi connectivity index (χ3n) is 9.21. The third kappa shape index (κ3) is 5.66. The van der Waals surface area contributed by atoms with E-state index >= 15 is 0 Å². The van der Waals surface area contributed by atoms with E-state index in [9.17, 15) is 39.6 Å². The number of amides is 3. The summed E-state index contributed by atoms with van der Waals surface area (Å²) in [6.45, 7) is 7.97. The zero-order valence-corrected chi connectivity index (χ0v) is 27.8. The fourth-order valence-electron chi connectivity index (χ4n) is 7.26. The molecule has 13 heteroatoms. The second-order valence-electron chi connectivity index (χ2n) is 13.8. The summed E-state index contributed by atoms with van der Waals surface area (Å²) in [6, 6.07) is 6.98. The van der Waals surface area contributed by atoms with E-state index in [-0.39, 0.29) is 42.3 Å². The molecule has 0 saturated heterocycles. The van der Waals surface area contributed by atoms with E-state index in [1.165, 1.54) is 11.0 Å². The number of hydrogen-bond donors (Lipinski definition) is 7. The van der Waals surface area contributed by atoms with Crippen molar-refractivity contribution in [2.45, 2.75) is 64.3 Å². The maximum Gasteiger partial charge on any atom is 0.315 e. The van der Waals surface area contributed by atoms with Crippen LogP contribution in [0.5, 0.6) is 11.5 Å². The van der Waals surface area contributed by atoms with E-state index < -0.39 is 63.6 Å². The molecule has 3 aliphatic rings. The van der Waals surface area contributed by atoms with Gasteiger partial charge in [0, 0.05) is 29.1 Å². The lowest BCUT2D eigenvalue weighted by molar-refractivity contribution is -0.148. The number of hydrogen-bond acceptors (Lipinski definition) is 10. The lowest BCUT2D eigenvalue weighted by Crippen LogP contribution is -2.63. The van der Waals surface area contributed by atoms with Crippen LogP contribution in [0.15, 0.2) is 53.0 Å². The maximum absolute atomic E-state index is 14.1. The molecule has 0 spiro atoms. The number of fused-ring (bicyclic) bond motifs is 3. The Morgan fingerprint density at radius 1 is 1.10 bits per heavy atom. The molecule has 0 radical (unpaired) electrons. The number of aliphatic hydroxyl groups excluding tert-OH is 2. The highest BCUT2D eigenvalue weighted by Crippen LogP contribution is 2.53. The molecule has 256 valence electrons. The van der Waals surface area contributed by atoms with Crippen molar-refractivity contribution in [2.75, 3.05) is 20.7 Å². The smallest absolute Gasteiger partial charge is 0.315 e.